The second-order valence-corrected chi connectivity index (χ2v) is 8.56. The molecular weight excluding hydrogens is 294 g/mol. The van der Waals surface area contributed by atoms with Gasteiger partial charge < -0.3 is 9.47 Å². The van der Waals surface area contributed by atoms with Crippen molar-refractivity contribution in [3.8, 4) is 0 Å². The molecule has 0 aromatic rings. The van der Waals surface area contributed by atoms with E-state index in [-0.39, 0.29) is 47.2 Å². The van der Waals surface area contributed by atoms with Crippen molar-refractivity contribution in [1.82, 2.24) is 5.06 Å². The van der Waals surface area contributed by atoms with E-state index in [1.807, 2.05) is 5.06 Å². The molecule has 0 aromatic carbocycles. The minimum absolute atomic E-state index is 0.117. The minimum atomic E-state index is -0.323. The molecule has 2 heterocycles. The van der Waals surface area contributed by atoms with Gasteiger partial charge in [-0.05, 0) is 30.6 Å². The van der Waals surface area contributed by atoms with Gasteiger partial charge in [-0.15, -0.1) is 0 Å². The summed E-state index contributed by atoms with van der Waals surface area (Å²) < 4.78 is 11.5. The van der Waals surface area contributed by atoms with E-state index in [4.69, 9.17) is 14.3 Å². The SMILES string of the molecule is CCCC1ON2C(O[C@@H]3C2C2CCC3(C)C2(C)C)C1C(=O)OC. The zero-order valence-electron chi connectivity index (χ0n) is 14.9. The lowest BCUT2D eigenvalue weighted by Crippen LogP contribution is -2.42. The third kappa shape index (κ3) is 1.76. The first kappa shape index (κ1) is 15.9. The van der Waals surface area contributed by atoms with Gasteiger partial charge in [-0.2, -0.15) is 5.06 Å². The predicted molar refractivity (Wildman–Crippen MR) is 84.2 cm³/mol. The van der Waals surface area contributed by atoms with Gasteiger partial charge in [0.15, 0.2) is 0 Å². The van der Waals surface area contributed by atoms with Crippen molar-refractivity contribution >= 4 is 5.97 Å². The second-order valence-electron chi connectivity index (χ2n) is 8.56. The molecule has 0 N–H and O–H groups in total. The van der Waals surface area contributed by atoms with Gasteiger partial charge in [0.2, 0.25) is 0 Å². The maximum absolute atomic E-state index is 12.3. The van der Waals surface area contributed by atoms with Crippen LogP contribution < -0.4 is 0 Å². The normalized spacial score (nSPS) is 50.1. The molecule has 4 aliphatic rings. The Morgan fingerprint density at radius 1 is 1.35 bits per heavy atom. The van der Waals surface area contributed by atoms with Crippen LogP contribution in [-0.4, -0.2) is 42.6 Å². The average Bonchev–Trinajstić information content (AvgIpc) is 3.13. The lowest BCUT2D eigenvalue weighted by molar-refractivity contribution is -0.197. The highest BCUT2D eigenvalue weighted by Crippen LogP contribution is 2.70. The molecule has 5 nitrogen and oxygen atoms in total. The van der Waals surface area contributed by atoms with E-state index in [0.717, 1.165) is 12.8 Å². The molecule has 7 atom stereocenters. The van der Waals surface area contributed by atoms with Crippen molar-refractivity contribution in [1.29, 1.82) is 0 Å². The Morgan fingerprint density at radius 2 is 2.09 bits per heavy atom. The standard InChI is InChI=1S/C18H29NO4/c1-6-7-11-12(16(20)21-5)15-19(23-11)13-10-8-9-18(4,14(13)22-15)17(10,2)3/h10-15H,6-9H2,1-5H3/t10?,11?,12?,13?,14-,15?,18?/m1/s1. The fourth-order valence-electron chi connectivity index (χ4n) is 5.88. The van der Waals surface area contributed by atoms with Crippen LogP contribution in [0.4, 0.5) is 0 Å². The maximum Gasteiger partial charge on any atom is 0.315 e. The van der Waals surface area contributed by atoms with E-state index in [1.165, 1.54) is 20.0 Å². The van der Waals surface area contributed by atoms with Crippen molar-refractivity contribution in [3.05, 3.63) is 0 Å². The summed E-state index contributed by atoms with van der Waals surface area (Å²) in [5.41, 5.74) is 0.414. The summed E-state index contributed by atoms with van der Waals surface area (Å²) in [6, 6.07) is 0.280. The third-order valence-electron chi connectivity index (χ3n) is 7.57. The summed E-state index contributed by atoms with van der Waals surface area (Å²) in [7, 11) is 1.46. The quantitative estimate of drug-likeness (QED) is 0.748. The highest BCUT2D eigenvalue weighted by Gasteiger charge is 2.74. The van der Waals surface area contributed by atoms with Crippen molar-refractivity contribution in [2.24, 2.45) is 22.7 Å². The number of carbonyl (C=O) groups excluding carboxylic acids is 1. The van der Waals surface area contributed by atoms with Gasteiger partial charge in [0.1, 0.15) is 12.1 Å². The number of nitrogens with zero attached hydrogens (tertiary/aromatic N) is 1. The molecule has 6 unspecified atom stereocenters. The molecular formula is C18H29NO4. The van der Waals surface area contributed by atoms with E-state index in [1.54, 1.807) is 0 Å². The number of esters is 1. The zero-order valence-corrected chi connectivity index (χ0v) is 14.9. The van der Waals surface area contributed by atoms with E-state index < -0.39 is 0 Å². The van der Waals surface area contributed by atoms with E-state index >= 15 is 0 Å². The third-order valence-corrected chi connectivity index (χ3v) is 7.57. The minimum Gasteiger partial charge on any atom is -0.469 e. The molecule has 4 fully saturated rings. The lowest BCUT2D eigenvalue weighted by atomic mass is 9.70. The van der Waals surface area contributed by atoms with Crippen LogP contribution in [0.2, 0.25) is 0 Å². The predicted octanol–water partition coefficient (Wildman–Crippen LogP) is 2.74. The molecule has 2 bridgehead atoms. The van der Waals surface area contributed by atoms with Crippen molar-refractivity contribution < 1.29 is 19.1 Å². The topological polar surface area (TPSA) is 48.0 Å². The molecule has 0 amide bonds. The largest absolute Gasteiger partial charge is 0.469 e. The number of hydroxylamine groups is 2. The van der Waals surface area contributed by atoms with Gasteiger partial charge in [-0.25, -0.2) is 0 Å². The molecule has 0 aromatic heterocycles. The summed E-state index contributed by atoms with van der Waals surface area (Å²) in [5, 5.41) is 2.05. The van der Waals surface area contributed by atoms with Crippen LogP contribution in [0.25, 0.3) is 0 Å². The molecule has 2 saturated carbocycles. The van der Waals surface area contributed by atoms with Gasteiger partial charge in [-0.1, -0.05) is 34.1 Å². The average molecular weight is 323 g/mol. The van der Waals surface area contributed by atoms with Gasteiger partial charge in [0.05, 0.1) is 25.4 Å². The molecule has 0 radical (unpaired) electrons. The first-order chi connectivity index (χ1) is 10.9. The molecule has 2 aliphatic heterocycles. The number of hydrogen-bond donors (Lipinski definition) is 0. The number of carbonyl (C=O) groups is 1. The Morgan fingerprint density at radius 3 is 2.74 bits per heavy atom. The summed E-state index contributed by atoms with van der Waals surface area (Å²) in [6.45, 7) is 9.22. The molecule has 2 aliphatic carbocycles. The van der Waals surface area contributed by atoms with E-state index in [9.17, 15) is 4.79 Å². The van der Waals surface area contributed by atoms with Crippen molar-refractivity contribution in [3.63, 3.8) is 0 Å². The van der Waals surface area contributed by atoms with Crippen LogP contribution >= 0.6 is 0 Å². The molecule has 2 saturated heterocycles. The number of methoxy groups -OCH3 is 1. The number of rotatable bonds is 3. The monoisotopic (exact) mass is 323 g/mol. The molecule has 23 heavy (non-hydrogen) atoms. The Labute approximate surface area is 138 Å². The smallest absolute Gasteiger partial charge is 0.315 e. The number of hydrogen-bond acceptors (Lipinski definition) is 5. The van der Waals surface area contributed by atoms with Crippen LogP contribution in [-0.2, 0) is 19.1 Å². The molecule has 4 rings (SSSR count). The van der Waals surface area contributed by atoms with Gasteiger partial charge in [0.25, 0.3) is 0 Å². The Kier molecular flexibility index (Phi) is 3.40. The van der Waals surface area contributed by atoms with Crippen LogP contribution in [0.1, 0.15) is 53.4 Å². The summed E-state index contributed by atoms with van der Waals surface area (Å²) in [6.07, 6.45) is 4.04. The summed E-state index contributed by atoms with van der Waals surface area (Å²) in [4.78, 5) is 18.6. The highest BCUT2D eigenvalue weighted by molar-refractivity contribution is 5.74. The zero-order chi connectivity index (χ0) is 16.6. The Balaban J connectivity index is 1.66. The lowest BCUT2D eigenvalue weighted by Gasteiger charge is -2.38. The molecule has 5 heteroatoms. The fraction of sp³-hybridized carbons (Fsp3) is 0.944. The highest BCUT2D eigenvalue weighted by atomic mass is 16.8. The second kappa shape index (κ2) is 4.93. The Bertz CT molecular complexity index is 521. The van der Waals surface area contributed by atoms with Crippen LogP contribution in [0.5, 0.6) is 0 Å². The molecule has 0 spiro atoms. The first-order valence-electron chi connectivity index (χ1n) is 9.05. The van der Waals surface area contributed by atoms with Gasteiger partial charge >= 0.3 is 5.97 Å². The Hall–Kier alpha value is -0.650. The number of fused-ring (bicyclic) bond motifs is 7. The fourth-order valence-corrected chi connectivity index (χ4v) is 5.88. The van der Waals surface area contributed by atoms with Gasteiger partial charge in [-0.3, -0.25) is 9.63 Å². The van der Waals surface area contributed by atoms with Crippen molar-refractivity contribution in [2.45, 2.75) is 77.9 Å². The van der Waals surface area contributed by atoms with Crippen LogP contribution in [0.15, 0.2) is 0 Å². The first-order valence-corrected chi connectivity index (χ1v) is 9.05. The number of ether oxygens (including phenoxy) is 2. The van der Waals surface area contributed by atoms with Crippen LogP contribution in [0, 0.1) is 22.7 Å². The van der Waals surface area contributed by atoms with Crippen LogP contribution in [0.3, 0.4) is 0 Å². The molecule has 130 valence electrons. The van der Waals surface area contributed by atoms with Gasteiger partial charge in [0, 0.05) is 5.41 Å². The maximum atomic E-state index is 12.3. The van der Waals surface area contributed by atoms with Crippen molar-refractivity contribution in [2.75, 3.05) is 7.11 Å². The van der Waals surface area contributed by atoms with E-state index in [0.29, 0.717) is 5.92 Å². The van der Waals surface area contributed by atoms with E-state index in [2.05, 4.69) is 27.7 Å². The summed E-state index contributed by atoms with van der Waals surface area (Å²) >= 11 is 0. The summed E-state index contributed by atoms with van der Waals surface area (Å²) in [5.74, 6) is 0.0468.